The molecule has 2 aromatic rings. The number of nitrogens with zero attached hydrogens (tertiary/aromatic N) is 1. The summed E-state index contributed by atoms with van der Waals surface area (Å²) in [5.41, 5.74) is 4.94. The molecule has 1 aliphatic rings. The van der Waals surface area contributed by atoms with Crippen molar-refractivity contribution in [3.63, 3.8) is 0 Å². The number of nitrogens with one attached hydrogen (secondary N) is 2. The maximum absolute atomic E-state index is 12.4. The lowest BCUT2D eigenvalue weighted by molar-refractivity contribution is -0.119. The van der Waals surface area contributed by atoms with Crippen LogP contribution < -0.4 is 10.6 Å². The molecule has 0 bridgehead atoms. The molecule has 3 rings (SSSR count). The van der Waals surface area contributed by atoms with E-state index in [9.17, 15) is 4.79 Å². The van der Waals surface area contributed by atoms with Crippen LogP contribution in [0.3, 0.4) is 0 Å². The van der Waals surface area contributed by atoms with Crippen molar-refractivity contribution in [1.29, 1.82) is 0 Å². The first-order chi connectivity index (χ1) is 10.1. The summed E-state index contributed by atoms with van der Waals surface area (Å²) in [6, 6.07) is 12.0. The average Bonchev–Trinajstić information content (AvgIpc) is 2.49. The van der Waals surface area contributed by atoms with Crippen LogP contribution in [0.1, 0.15) is 17.0 Å². The predicted octanol–water partition coefficient (Wildman–Crippen LogP) is 2.92. The number of carbonyl (C=O) groups is 1. The van der Waals surface area contributed by atoms with Gasteiger partial charge in [0.2, 0.25) is 5.91 Å². The van der Waals surface area contributed by atoms with E-state index in [0.717, 1.165) is 29.2 Å². The number of benzene rings is 1. The third-order valence-electron chi connectivity index (χ3n) is 3.88. The molecular weight excluding hydrogens is 262 g/mol. The Labute approximate surface area is 124 Å². The van der Waals surface area contributed by atoms with Crippen molar-refractivity contribution in [2.45, 2.75) is 20.3 Å². The molecule has 0 saturated carbocycles. The minimum absolute atomic E-state index is 0.0470. The van der Waals surface area contributed by atoms with Gasteiger partial charge >= 0.3 is 0 Å². The Hall–Kier alpha value is -2.36. The zero-order valence-corrected chi connectivity index (χ0v) is 12.3. The summed E-state index contributed by atoms with van der Waals surface area (Å²) in [4.78, 5) is 16.8. The summed E-state index contributed by atoms with van der Waals surface area (Å²) in [5.74, 6) is -0.00800. The van der Waals surface area contributed by atoms with E-state index in [-0.39, 0.29) is 11.8 Å². The molecule has 2 N–H and O–H groups in total. The Morgan fingerprint density at radius 2 is 2.05 bits per heavy atom. The Bertz CT molecular complexity index is 681. The summed E-state index contributed by atoms with van der Waals surface area (Å²) >= 11 is 0. The minimum Gasteiger partial charge on any atom is -0.384 e. The smallest absolute Gasteiger partial charge is 0.229 e. The SMILES string of the molecule is Cc1ccc(NC(=O)C2CNc3ccccc3C2)c(C)n1. The lowest BCUT2D eigenvalue weighted by Crippen LogP contribution is -2.34. The van der Waals surface area contributed by atoms with Crippen molar-refractivity contribution in [2.75, 3.05) is 17.2 Å². The number of amides is 1. The molecular formula is C17H19N3O. The van der Waals surface area contributed by atoms with Crippen LogP contribution in [0.15, 0.2) is 36.4 Å². The van der Waals surface area contributed by atoms with Gasteiger partial charge in [0, 0.05) is 17.9 Å². The van der Waals surface area contributed by atoms with Crippen molar-refractivity contribution in [1.82, 2.24) is 4.98 Å². The maximum Gasteiger partial charge on any atom is 0.229 e. The topological polar surface area (TPSA) is 54.0 Å². The fourth-order valence-corrected chi connectivity index (χ4v) is 2.68. The highest BCUT2D eigenvalue weighted by Crippen LogP contribution is 2.25. The van der Waals surface area contributed by atoms with E-state index in [2.05, 4.69) is 27.8 Å². The number of para-hydroxylation sites is 1. The highest BCUT2D eigenvalue weighted by atomic mass is 16.1. The second kappa shape index (κ2) is 5.56. The zero-order valence-electron chi connectivity index (χ0n) is 12.3. The molecule has 1 atom stereocenters. The molecule has 108 valence electrons. The van der Waals surface area contributed by atoms with Crippen molar-refractivity contribution < 1.29 is 4.79 Å². The van der Waals surface area contributed by atoms with E-state index in [0.29, 0.717) is 6.54 Å². The van der Waals surface area contributed by atoms with Crippen LogP contribution in [-0.4, -0.2) is 17.4 Å². The molecule has 0 fully saturated rings. The Kier molecular flexibility index (Phi) is 3.60. The van der Waals surface area contributed by atoms with Crippen LogP contribution in [0.2, 0.25) is 0 Å². The Morgan fingerprint density at radius 3 is 2.86 bits per heavy atom. The summed E-state index contributed by atoms with van der Waals surface area (Å²) < 4.78 is 0. The second-order valence-electron chi connectivity index (χ2n) is 5.51. The van der Waals surface area contributed by atoms with Crippen LogP contribution in [0.4, 0.5) is 11.4 Å². The molecule has 0 radical (unpaired) electrons. The molecule has 1 aliphatic heterocycles. The second-order valence-corrected chi connectivity index (χ2v) is 5.51. The number of carbonyl (C=O) groups excluding carboxylic acids is 1. The van der Waals surface area contributed by atoms with Gasteiger partial charge in [-0.3, -0.25) is 9.78 Å². The third-order valence-corrected chi connectivity index (χ3v) is 3.88. The van der Waals surface area contributed by atoms with Gasteiger partial charge in [-0.25, -0.2) is 0 Å². The molecule has 4 heteroatoms. The minimum atomic E-state index is -0.0550. The molecule has 4 nitrogen and oxygen atoms in total. The van der Waals surface area contributed by atoms with E-state index >= 15 is 0 Å². The van der Waals surface area contributed by atoms with Crippen molar-refractivity contribution in [3.8, 4) is 0 Å². The molecule has 1 aromatic carbocycles. The molecule has 1 unspecified atom stereocenters. The Balaban J connectivity index is 1.72. The van der Waals surface area contributed by atoms with E-state index in [4.69, 9.17) is 0 Å². The van der Waals surface area contributed by atoms with Gasteiger partial charge < -0.3 is 10.6 Å². The van der Waals surface area contributed by atoms with Crippen LogP contribution >= 0.6 is 0 Å². The third kappa shape index (κ3) is 2.89. The summed E-state index contributed by atoms with van der Waals surface area (Å²) in [6.07, 6.45) is 0.771. The highest BCUT2D eigenvalue weighted by Gasteiger charge is 2.24. The van der Waals surface area contributed by atoms with Gasteiger partial charge in [-0.15, -0.1) is 0 Å². The van der Waals surface area contributed by atoms with Crippen LogP contribution in [0.5, 0.6) is 0 Å². The average molecular weight is 281 g/mol. The molecule has 0 aliphatic carbocycles. The lowest BCUT2D eigenvalue weighted by Gasteiger charge is -2.25. The van der Waals surface area contributed by atoms with Crippen molar-refractivity contribution in [2.24, 2.45) is 5.92 Å². The number of aryl methyl sites for hydroxylation is 2. The van der Waals surface area contributed by atoms with E-state index < -0.39 is 0 Å². The monoisotopic (exact) mass is 281 g/mol. The summed E-state index contributed by atoms with van der Waals surface area (Å²) in [6.45, 7) is 4.53. The molecule has 21 heavy (non-hydrogen) atoms. The number of anilines is 2. The Morgan fingerprint density at radius 1 is 1.24 bits per heavy atom. The molecule has 0 spiro atoms. The van der Waals surface area contributed by atoms with Gasteiger partial charge in [-0.1, -0.05) is 18.2 Å². The normalized spacial score (nSPS) is 16.8. The number of hydrogen-bond donors (Lipinski definition) is 2. The lowest BCUT2D eigenvalue weighted by atomic mass is 9.93. The number of rotatable bonds is 2. The first-order valence-electron chi connectivity index (χ1n) is 7.20. The quantitative estimate of drug-likeness (QED) is 0.890. The molecule has 1 aromatic heterocycles. The van der Waals surface area contributed by atoms with Gasteiger partial charge in [0.1, 0.15) is 0 Å². The van der Waals surface area contributed by atoms with E-state index in [1.54, 1.807) is 0 Å². The molecule has 1 amide bonds. The van der Waals surface area contributed by atoms with E-state index in [1.807, 2.05) is 38.1 Å². The van der Waals surface area contributed by atoms with Crippen LogP contribution in [0.25, 0.3) is 0 Å². The summed E-state index contributed by atoms with van der Waals surface area (Å²) in [7, 11) is 0. The number of pyridine rings is 1. The van der Waals surface area contributed by atoms with Crippen LogP contribution in [-0.2, 0) is 11.2 Å². The van der Waals surface area contributed by atoms with Crippen LogP contribution in [0, 0.1) is 19.8 Å². The van der Waals surface area contributed by atoms with Gasteiger partial charge in [-0.2, -0.15) is 0 Å². The van der Waals surface area contributed by atoms with Crippen molar-refractivity contribution >= 4 is 17.3 Å². The fourth-order valence-electron chi connectivity index (χ4n) is 2.68. The van der Waals surface area contributed by atoms with Gasteiger partial charge in [0.05, 0.1) is 17.3 Å². The number of aromatic nitrogens is 1. The highest BCUT2D eigenvalue weighted by molar-refractivity contribution is 5.94. The van der Waals surface area contributed by atoms with Gasteiger partial charge in [-0.05, 0) is 44.0 Å². The van der Waals surface area contributed by atoms with Gasteiger partial charge in [0.15, 0.2) is 0 Å². The fraction of sp³-hybridized carbons (Fsp3) is 0.294. The maximum atomic E-state index is 12.4. The number of hydrogen-bond acceptors (Lipinski definition) is 3. The molecule has 2 heterocycles. The summed E-state index contributed by atoms with van der Waals surface area (Å²) in [5, 5.41) is 6.32. The first-order valence-corrected chi connectivity index (χ1v) is 7.20. The first kappa shape index (κ1) is 13.6. The largest absolute Gasteiger partial charge is 0.384 e. The zero-order chi connectivity index (χ0) is 14.8. The van der Waals surface area contributed by atoms with E-state index in [1.165, 1.54) is 5.56 Å². The van der Waals surface area contributed by atoms with Gasteiger partial charge in [0.25, 0.3) is 0 Å². The number of fused-ring (bicyclic) bond motifs is 1. The van der Waals surface area contributed by atoms with Crippen molar-refractivity contribution in [3.05, 3.63) is 53.3 Å². The standard InChI is InChI=1S/C17H19N3O/c1-11-7-8-15(12(2)19-11)20-17(21)14-9-13-5-3-4-6-16(13)18-10-14/h3-8,14,18H,9-10H2,1-2H3,(H,20,21). The predicted molar refractivity (Wildman–Crippen MR) is 84.5 cm³/mol. The molecule has 0 saturated heterocycles.